The van der Waals surface area contributed by atoms with E-state index in [1.54, 1.807) is 24.4 Å². The first-order valence-corrected chi connectivity index (χ1v) is 8.91. The number of urea groups is 1. The van der Waals surface area contributed by atoms with Crippen LogP contribution in [-0.4, -0.2) is 55.4 Å². The molecule has 0 radical (unpaired) electrons. The maximum Gasteiger partial charge on any atom is 0.320 e. The number of carbonyl (C=O) groups excluding carboxylic acids is 1. The third-order valence-electron chi connectivity index (χ3n) is 4.43. The lowest BCUT2D eigenvalue weighted by molar-refractivity contribution is 0.254. The molecule has 2 heterocycles. The van der Waals surface area contributed by atoms with Gasteiger partial charge in [-0.3, -0.25) is 15.2 Å². The molecule has 1 aliphatic rings. The predicted molar refractivity (Wildman–Crippen MR) is 110 cm³/mol. The lowest BCUT2D eigenvalue weighted by atomic mass is 9.95. The third kappa shape index (κ3) is 4.52. The summed E-state index contributed by atoms with van der Waals surface area (Å²) in [7, 11) is 3.55. The maximum absolute atomic E-state index is 13.3. The zero-order valence-corrected chi connectivity index (χ0v) is 15.9. The molecule has 1 aliphatic heterocycles. The molecule has 0 bridgehead atoms. The Morgan fingerprint density at radius 2 is 1.96 bits per heavy atom. The number of nitrogens with zero attached hydrogens (tertiary/aromatic N) is 3. The number of nitrogens with one attached hydrogen (secondary N) is 2. The van der Waals surface area contributed by atoms with Gasteiger partial charge in [0, 0.05) is 37.6 Å². The number of pyridine rings is 1. The zero-order chi connectivity index (χ0) is 20.1. The van der Waals surface area contributed by atoms with Crippen molar-refractivity contribution in [1.82, 2.24) is 15.2 Å². The third-order valence-corrected chi connectivity index (χ3v) is 4.43. The molecule has 0 spiro atoms. The topological polar surface area (TPSA) is 95.6 Å². The summed E-state index contributed by atoms with van der Waals surface area (Å²) in [6.45, 7) is 2.17. The van der Waals surface area contributed by atoms with Crippen LogP contribution in [-0.2, 0) is 0 Å². The van der Waals surface area contributed by atoms with Crippen LogP contribution in [0.25, 0.3) is 11.3 Å². The summed E-state index contributed by atoms with van der Waals surface area (Å²) in [6.07, 6.45) is 1.60. The van der Waals surface area contributed by atoms with Crippen LogP contribution in [0, 0.1) is 5.82 Å². The van der Waals surface area contributed by atoms with Gasteiger partial charge in [0.15, 0.2) is 0 Å². The van der Waals surface area contributed by atoms with E-state index >= 15 is 0 Å². The lowest BCUT2D eigenvalue weighted by Gasteiger charge is -2.25. The molecule has 146 valence electrons. The molecule has 0 unspecified atom stereocenters. The van der Waals surface area contributed by atoms with E-state index in [4.69, 9.17) is 5.73 Å². The van der Waals surface area contributed by atoms with Gasteiger partial charge in [0.2, 0.25) is 0 Å². The molecule has 4 N–H and O–H groups in total. The van der Waals surface area contributed by atoms with Crippen molar-refractivity contribution in [2.75, 3.05) is 39.0 Å². The first kappa shape index (κ1) is 19.5. The summed E-state index contributed by atoms with van der Waals surface area (Å²) in [6, 6.07) is 9.23. The predicted octanol–water partition coefficient (Wildman–Crippen LogP) is 2.19. The van der Waals surface area contributed by atoms with Crippen LogP contribution < -0.4 is 16.4 Å². The van der Waals surface area contributed by atoms with Crippen LogP contribution in [0.2, 0.25) is 0 Å². The van der Waals surface area contributed by atoms with Gasteiger partial charge in [0.1, 0.15) is 11.6 Å². The Hall–Kier alpha value is -3.26. The van der Waals surface area contributed by atoms with Crippen molar-refractivity contribution in [3.8, 4) is 0 Å². The van der Waals surface area contributed by atoms with Crippen molar-refractivity contribution in [1.29, 1.82) is 0 Å². The summed E-state index contributed by atoms with van der Waals surface area (Å²) in [5.74, 6) is 0.0693. The zero-order valence-electron chi connectivity index (χ0n) is 15.9. The Balaban J connectivity index is 2.10. The number of aromatic nitrogens is 1. The Morgan fingerprint density at radius 1 is 1.21 bits per heavy atom. The molecule has 1 aromatic heterocycles. The summed E-state index contributed by atoms with van der Waals surface area (Å²) >= 11 is 0. The Bertz CT molecular complexity index is 923. The molecule has 0 aliphatic carbocycles. The Labute approximate surface area is 163 Å². The van der Waals surface area contributed by atoms with Crippen LogP contribution in [0.5, 0.6) is 0 Å². The van der Waals surface area contributed by atoms with Gasteiger partial charge in [-0.1, -0.05) is 0 Å². The second-order valence-electron chi connectivity index (χ2n) is 6.50. The molecule has 3 rings (SSSR count). The summed E-state index contributed by atoms with van der Waals surface area (Å²) < 4.78 is 13.3. The highest BCUT2D eigenvalue weighted by Gasteiger charge is 2.20. The molecule has 7 nitrogen and oxygen atoms in total. The van der Waals surface area contributed by atoms with E-state index in [9.17, 15) is 9.18 Å². The maximum atomic E-state index is 13.3. The largest absolute Gasteiger partial charge is 0.398 e. The van der Waals surface area contributed by atoms with Crippen LogP contribution in [0.1, 0.15) is 11.1 Å². The fourth-order valence-electron chi connectivity index (χ4n) is 2.98. The van der Waals surface area contributed by atoms with Gasteiger partial charge in [-0.05, 0) is 54.6 Å². The number of hydrogen-bond acceptors (Lipinski definition) is 5. The standard InChI is InChI=1S/C20H23FN6O/c1-23-20(28)26-17-11-14(7-8-25-17)18(16-12-27(2)10-9-24-16)19(22)13-3-5-15(21)6-4-13/h3-8,11H,9-10,12,22H2,1-2H3,(H2,23,25,26,28). The van der Waals surface area contributed by atoms with Gasteiger partial charge >= 0.3 is 6.03 Å². The van der Waals surface area contributed by atoms with Gasteiger partial charge in [0.05, 0.1) is 12.3 Å². The van der Waals surface area contributed by atoms with E-state index in [1.165, 1.54) is 19.2 Å². The van der Waals surface area contributed by atoms with Gasteiger partial charge in [-0.15, -0.1) is 0 Å². The van der Waals surface area contributed by atoms with Crippen LogP contribution in [0.15, 0.2) is 47.6 Å². The van der Waals surface area contributed by atoms with Crippen molar-refractivity contribution in [2.24, 2.45) is 10.7 Å². The summed E-state index contributed by atoms with van der Waals surface area (Å²) in [5, 5.41) is 5.15. The number of anilines is 1. The first-order valence-electron chi connectivity index (χ1n) is 8.91. The number of nitrogens with two attached hydrogens (primary N) is 1. The summed E-state index contributed by atoms with van der Waals surface area (Å²) in [4.78, 5) is 22.6. The van der Waals surface area contributed by atoms with Gasteiger partial charge in [0.25, 0.3) is 0 Å². The minimum atomic E-state index is -0.364. The van der Waals surface area contributed by atoms with Gasteiger partial charge in [-0.2, -0.15) is 0 Å². The number of hydrogen-bond donors (Lipinski definition) is 3. The molecule has 0 saturated carbocycles. The van der Waals surface area contributed by atoms with E-state index < -0.39 is 0 Å². The molecule has 2 aromatic rings. The Kier molecular flexibility index (Phi) is 6.00. The SMILES string of the molecule is CNC(=O)Nc1cc(C(C2=NCCN(C)C2)=C(N)c2ccc(F)cc2)ccn1. The van der Waals surface area contributed by atoms with Gasteiger partial charge < -0.3 is 11.1 Å². The monoisotopic (exact) mass is 382 g/mol. The van der Waals surface area contributed by atoms with Crippen molar-refractivity contribution < 1.29 is 9.18 Å². The molecule has 0 atom stereocenters. The highest BCUT2D eigenvalue weighted by atomic mass is 19.1. The quantitative estimate of drug-likeness (QED) is 0.755. The fourth-order valence-corrected chi connectivity index (χ4v) is 2.98. The average Bonchev–Trinajstić information content (AvgIpc) is 2.69. The lowest BCUT2D eigenvalue weighted by Crippen LogP contribution is -2.34. The van der Waals surface area contributed by atoms with E-state index in [0.717, 1.165) is 23.4 Å². The second kappa shape index (κ2) is 8.62. The highest BCUT2D eigenvalue weighted by molar-refractivity contribution is 6.31. The molecule has 0 saturated heterocycles. The molecule has 1 aromatic carbocycles. The van der Waals surface area contributed by atoms with E-state index in [-0.39, 0.29) is 11.8 Å². The number of rotatable bonds is 4. The van der Waals surface area contributed by atoms with E-state index in [0.29, 0.717) is 30.2 Å². The summed E-state index contributed by atoms with van der Waals surface area (Å²) in [5.41, 5.74) is 10.1. The fraction of sp³-hybridized carbons (Fsp3) is 0.250. The molecule has 28 heavy (non-hydrogen) atoms. The number of amides is 2. The van der Waals surface area contributed by atoms with E-state index in [1.807, 2.05) is 13.1 Å². The van der Waals surface area contributed by atoms with Crippen LogP contribution in [0.3, 0.4) is 0 Å². The molecule has 2 amide bonds. The number of likely N-dealkylation sites (N-methyl/N-ethyl adjacent to an activating group) is 1. The number of benzene rings is 1. The number of carbonyl (C=O) groups is 1. The van der Waals surface area contributed by atoms with Crippen molar-refractivity contribution >= 4 is 28.8 Å². The normalized spacial score (nSPS) is 15.5. The Morgan fingerprint density at radius 3 is 2.64 bits per heavy atom. The first-order chi connectivity index (χ1) is 13.5. The van der Waals surface area contributed by atoms with Crippen LogP contribution >= 0.6 is 0 Å². The van der Waals surface area contributed by atoms with Gasteiger partial charge in [-0.25, -0.2) is 14.2 Å². The van der Waals surface area contributed by atoms with Crippen LogP contribution in [0.4, 0.5) is 15.0 Å². The average molecular weight is 382 g/mol. The molecular formula is C20H23FN6O. The second-order valence-corrected chi connectivity index (χ2v) is 6.50. The number of aliphatic imine (C=N–C) groups is 1. The van der Waals surface area contributed by atoms with Crippen molar-refractivity contribution in [3.05, 3.63) is 59.5 Å². The molecular weight excluding hydrogens is 359 g/mol. The minimum Gasteiger partial charge on any atom is -0.398 e. The highest BCUT2D eigenvalue weighted by Crippen LogP contribution is 2.27. The van der Waals surface area contributed by atoms with Crippen molar-refractivity contribution in [3.63, 3.8) is 0 Å². The van der Waals surface area contributed by atoms with E-state index in [2.05, 4.69) is 25.5 Å². The smallest absolute Gasteiger partial charge is 0.320 e. The molecule has 8 heteroatoms. The number of halogens is 1. The van der Waals surface area contributed by atoms with Crippen molar-refractivity contribution in [2.45, 2.75) is 0 Å². The minimum absolute atomic E-state index is 0.325. The molecule has 0 fully saturated rings.